The summed E-state index contributed by atoms with van der Waals surface area (Å²) in [5, 5.41) is 0. The van der Waals surface area contributed by atoms with E-state index in [-0.39, 0.29) is 78.5 Å². The quantitative estimate of drug-likeness (QED) is 0.0968. The first-order valence-electron chi connectivity index (χ1n) is 22.2. The predicted octanol–water partition coefficient (Wildman–Crippen LogP) is 7.66. The van der Waals surface area contributed by atoms with Crippen LogP contribution in [0.4, 0.5) is 0 Å². The number of esters is 1. The lowest BCUT2D eigenvalue weighted by Gasteiger charge is -2.41. The van der Waals surface area contributed by atoms with Gasteiger partial charge in [0.1, 0.15) is 11.4 Å². The van der Waals surface area contributed by atoms with Crippen LogP contribution in [-0.2, 0) is 44.6 Å². The number of methoxy groups -OCH3 is 2. The van der Waals surface area contributed by atoms with Crippen molar-refractivity contribution in [2.45, 2.75) is 170 Å². The van der Waals surface area contributed by atoms with E-state index in [1.54, 1.807) is 26.2 Å². The van der Waals surface area contributed by atoms with Gasteiger partial charge in [0.05, 0.1) is 42.7 Å². The van der Waals surface area contributed by atoms with Crippen molar-refractivity contribution in [1.82, 2.24) is 14.7 Å². The number of likely N-dealkylation sites (tertiary alicyclic amines) is 1. The van der Waals surface area contributed by atoms with Gasteiger partial charge >= 0.3 is 5.97 Å². The molecule has 1 fully saturated rings. The molecule has 2 amide bonds. The SMILES string of the molecule is CC[C@H](C)[C@@H](C(CC(=O)N1CCC[C@H]1[C@H](OC)[C@@H](C)C(=O)C[C@@H](Cc1ccccc1)C(=O)OC(C)(C)C)OC)N(C)C(=O)[C@@H](CC(=O)[C@H](C(C)C)N(C)C(C)C)C(C)C. The molecule has 0 aliphatic carbocycles. The first kappa shape index (κ1) is 52.0. The lowest BCUT2D eigenvalue weighted by atomic mass is 9.83. The van der Waals surface area contributed by atoms with Gasteiger partial charge in [0.2, 0.25) is 11.8 Å². The number of likely N-dealkylation sites (N-methyl/N-ethyl adjacent to an activating group) is 2. The molecule has 1 aliphatic rings. The molecule has 11 heteroatoms. The summed E-state index contributed by atoms with van der Waals surface area (Å²) in [4.78, 5) is 75.8. The maximum atomic E-state index is 14.5. The number of ether oxygens (including phenoxy) is 3. The summed E-state index contributed by atoms with van der Waals surface area (Å²) in [5.41, 5.74) is 0.241. The van der Waals surface area contributed by atoms with Crippen molar-refractivity contribution in [1.29, 1.82) is 0 Å². The Bertz CT molecular complexity index is 1490. The van der Waals surface area contributed by atoms with Crippen LogP contribution in [0.2, 0.25) is 0 Å². The number of carbonyl (C=O) groups is 5. The fourth-order valence-electron chi connectivity index (χ4n) is 8.89. The number of Topliss-reactive ketones (excluding diaryl/α,β-unsaturated/α-hetero) is 2. The third kappa shape index (κ3) is 14.8. The molecule has 1 aromatic rings. The highest BCUT2D eigenvalue weighted by Gasteiger charge is 2.44. The second-order valence-corrected chi connectivity index (χ2v) is 19.1. The molecule has 336 valence electrons. The Morgan fingerprint density at radius 1 is 0.831 bits per heavy atom. The molecule has 11 nitrogen and oxygen atoms in total. The fraction of sp³-hybridized carbons (Fsp3) is 0.771. The minimum Gasteiger partial charge on any atom is -0.460 e. The van der Waals surface area contributed by atoms with Crippen molar-refractivity contribution >= 4 is 29.4 Å². The summed E-state index contributed by atoms with van der Waals surface area (Å²) in [6.07, 6.45) is 1.51. The molecule has 0 saturated carbocycles. The van der Waals surface area contributed by atoms with E-state index in [1.165, 1.54) is 0 Å². The second-order valence-electron chi connectivity index (χ2n) is 19.1. The van der Waals surface area contributed by atoms with E-state index in [0.29, 0.717) is 19.4 Å². The topological polar surface area (TPSA) is 123 Å². The third-order valence-electron chi connectivity index (χ3n) is 12.6. The minimum absolute atomic E-state index is 0.00625. The molecule has 1 saturated heterocycles. The predicted molar refractivity (Wildman–Crippen MR) is 235 cm³/mol. The minimum atomic E-state index is -0.701. The van der Waals surface area contributed by atoms with Gasteiger partial charge in [-0.05, 0) is 84.2 Å². The van der Waals surface area contributed by atoms with Crippen LogP contribution >= 0.6 is 0 Å². The Kier molecular flexibility index (Phi) is 20.9. The number of hydrogen-bond donors (Lipinski definition) is 0. The molecule has 9 atom stereocenters. The highest BCUT2D eigenvalue weighted by molar-refractivity contribution is 5.90. The molecule has 0 aromatic heterocycles. The lowest BCUT2D eigenvalue weighted by molar-refractivity contribution is -0.161. The van der Waals surface area contributed by atoms with Gasteiger partial charge < -0.3 is 24.0 Å². The molecule has 0 bridgehead atoms. The van der Waals surface area contributed by atoms with Gasteiger partial charge in [0.15, 0.2) is 5.78 Å². The van der Waals surface area contributed by atoms with Crippen LogP contribution in [0.3, 0.4) is 0 Å². The van der Waals surface area contributed by atoms with Crippen LogP contribution in [0.25, 0.3) is 0 Å². The van der Waals surface area contributed by atoms with Crippen LogP contribution in [-0.4, -0.2) is 121 Å². The van der Waals surface area contributed by atoms with E-state index in [2.05, 4.69) is 32.6 Å². The van der Waals surface area contributed by atoms with E-state index < -0.39 is 47.6 Å². The van der Waals surface area contributed by atoms with Crippen LogP contribution < -0.4 is 0 Å². The Hall–Kier alpha value is -3.15. The Labute approximate surface area is 357 Å². The van der Waals surface area contributed by atoms with Gasteiger partial charge in [0.25, 0.3) is 0 Å². The van der Waals surface area contributed by atoms with Crippen molar-refractivity contribution in [3.8, 4) is 0 Å². The zero-order chi connectivity index (χ0) is 44.9. The standard InChI is InChI=1S/C48H81N3O8/c1-17-33(8)44(50(14)46(55)37(30(2)3)28-40(53)43(31(4)5)49(13)32(6)7)41(57-15)29-42(54)51-25-21-24-38(51)45(58-16)34(9)39(52)27-36(47(56)59-48(10,11)12)26-35-22-19-18-20-23-35/h18-20,22-23,30-34,36-38,41,43-45H,17,21,24-29H2,1-16H3/t33-,34-,36+,37-,38-,41?,43-,44-,45+/m0/s1. The zero-order valence-electron chi connectivity index (χ0n) is 39.6. The first-order chi connectivity index (χ1) is 27.5. The zero-order valence-corrected chi connectivity index (χ0v) is 39.6. The summed E-state index contributed by atoms with van der Waals surface area (Å²) in [7, 11) is 6.91. The molecule has 1 aromatic carbocycles. The molecule has 0 radical (unpaired) electrons. The van der Waals surface area contributed by atoms with Gasteiger partial charge in [-0.1, -0.05) is 85.2 Å². The van der Waals surface area contributed by atoms with Gasteiger partial charge in [0, 0.05) is 58.5 Å². The highest BCUT2D eigenvalue weighted by Crippen LogP contribution is 2.32. The van der Waals surface area contributed by atoms with Crippen LogP contribution in [0.1, 0.15) is 127 Å². The summed E-state index contributed by atoms with van der Waals surface area (Å²) in [6.45, 7) is 24.1. The Morgan fingerprint density at radius 2 is 1.44 bits per heavy atom. The van der Waals surface area contributed by atoms with E-state index in [4.69, 9.17) is 14.2 Å². The van der Waals surface area contributed by atoms with E-state index >= 15 is 0 Å². The van der Waals surface area contributed by atoms with Crippen LogP contribution in [0.15, 0.2) is 30.3 Å². The van der Waals surface area contributed by atoms with Gasteiger partial charge in [-0.15, -0.1) is 0 Å². The fourth-order valence-corrected chi connectivity index (χ4v) is 8.89. The molecule has 59 heavy (non-hydrogen) atoms. The largest absolute Gasteiger partial charge is 0.460 e. The number of ketones is 2. The number of carbonyl (C=O) groups excluding carboxylic acids is 5. The average molecular weight is 828 g/mol. The van der Waals surface area contributed by atoms with Crippen LogP contribution in [0, 0.1) is 35.5 Å². The number of rotatable bonds is 24. The average Bonchev–Trinajstić information content (AvgIpc) is 3.65. The molecular weight excluding hydrogens is 747 g/mol. The molecular formula is C48H81N3O8. The van der Waals surface area contributed by atoms with Crippen molar-refractivity contribution in [2.75, 3.05) is 34.9 Å². The molecule has 0 spiro atoms. The normalized spacial score (nSPS) is 19.0. The maximum absolute atomic E-state index is 14.5. The maximum Gasteiger partial charge on any atom is 0.310 e. The summed E-state index contributed by atoms with van der Waals surface area (Å²) in [5.74, 6) is -2.51. The molecule has 1 aliphatic heterocycles. The summed E-state index contributed by atoms with van der Waals surface area (Å²) >= 11 is 0. The van der Waals surface area contributed by atoms with Crippen molar-refractivity contribution in [3.63, 3.8) is 0 Å². The lowest BCUT2D eigenvalue weighted by Crippen LogP contribution is -2.54. The van der Waals surface area contributed by atoms with Crippen LogP contribution in [0.5, 0.6) is 0 Å². The molecule has 1 unspecified atom stereocenters. The van der Waals surface area contributed by atoms with Crippen molar-refractivity contribution < 1.29 is 38.2 Å². The van der Waals surface area contributed by atoms with Crippen molar-refractivity contribution in [2.24, 2.45) is 35.5 Å². The van der Waals surface area contributed by atoms with E-state index in [0.717, 1.165) is 18.4 Å². The van der Waals surface area contributed by atoms with Gasteiger partial charge in [-0.25, -0.2) is 0 Å². The third-order valence-corrected chi connectivity index (χ3v) is 12.6. The summed E-state index contributed by atoms with van der Waals surface area (Å²) in [6, 6.07) is 8.72. The number of hydrogen-bond acceptors (Lipinski definition) is 9. The number of benzene rings is 1. The van der Waals surface area contributed by atoms with Gasteiger partial charge in [-0.3, -0.25) is 28.9 Å². The number of nitrogens with zero attached hydrogens (tertiary/aromatic N) is 3. The monoisotopic (exact) mass is 828 g/mol. The summed E-state index contributed by atoms with van der Waals surface area (Å²) < 4.78 is 17.9. The second kappa shape index (κ2) is 23.7. The number of amides is 2. The molecule has 2 rings (SSSR count). The highest BCUT2D eigenvalue weighted by atomic mass is 16.6. The van der Waals surface area contributed by atoms with E-state index in [1.807, 2.05) is 97.7 Å². The smallest absolute Gasteiger partial charge is 0.310 e. The van der Waals surface area contributed by atoms with Crippen molar-refractivity contribution in [3.05, 3.63) is 35.9 Å². The van der Waals surface area contributed by atoms with Gasteiger partial charge in [-0.2, -0.15) is 0 Å². The Balaban J connectivity index is 2.33. The molecule has 1 heterocycles. The molecule has 0 N–H and O–H groups in total. The van der Waals surface area contributed by atoms with E-state index in [9.17, 15) is 24.0 Å². The Morgan fingerprint density at radius 3 is 1.93 bits per heavy atom. The first-order valence-corrected chi connectivity index (χ1v) is 22.2.